The molecule has 0 radical (unpaired) electrons. The topological polar surface area (TPSA) is 67.5 Å². The van der Waals surface area contributed by atoms with Crippen molar-refractivity contribution in [1.82, 2.24) is 5.32 Å². The van der Waals surface area contributed by atoms with Crippen molar-refractivity contribution in [1.29, 1.82) is 0 Å². The Morgan fingerprint density at radius 2 is 1.89 bits per heavy atom. The first-order valence-electron chi connectivity index (χ1n) is 6.82. The van der Waals surface area contributed by atoms with Gasteiger partial charge in [-0.15, -0.1) is 0 Å². The first-order chi connectivity index (χ1) is 9.11. The lowest BCUT2D eigenvalue weighted by molar-refractivity contribution is -0.123. The Balaban J connectivity index is 2.13. The maximum Gasteiger partial charge on any atom is 0.253 e. The van der Waals surface area contributed by atoms with E-state index in [0.29, 0.717) is 25.1 Å². The number of amides is 1. The quantitative estimate of drug-likeness (QED) is 0.844. The van der Waals surface area contributed by atoms with E-state index in [9.17, 15) is 4.79 Å². The molecule has 1 aliphatic heterocycles. The number of benzene rings is 1. The van der Waals surface area contributed by atoms with Gasteiger partial charge < -0.3 is 11.1 Å². The monoisotopic (exact) mass is 259 g/mol. The van der Waals surface area contributed by atoms with Gasteiger partial charge in [-0.2, -0.15) is 0 Å². The Morgan fingerprint density at radius 3 is 2.42 bits per heavy atom. The maximum absolute atomic E-state index is 12.0. The average molecular weight is 259 g/mol. The minimum Gasteiger partial charge on any atom is -0.321 e. The van der Waals surface area contributed by atoms with Gasteiger partial charge in [-0.05, 0) is 24.8 Å². The van der Waals surface area contributed by atoms with Gasteiger partial charge in [0.25, 0.3) is 5.91 Å². The zero-order valence-corrected chi connectivity index (χ0v) is 11.5. The van der Waals surface area contributed by atoms with Crippen molar-refractivity contribution in [3.63, 3.8) is 0 Å². The van der Waals surface area contributed by atoms with E-state index < -0.39 is 5.54 Å². The molecule has 0 unspecified atom stereocenters. The van der Waals surface area contributed by atoms with Crippen molar-refractivity contribution in [2.45, 2.75) is 44.7 Å². The van der Waals surface area contributed by atoms with Crippen molar-refractivity contribution >= 4 is 11.7 Å². The molecule has 0 aliphatic carbocycles. The molecule has 0 saturated carbocycles. The number of aliphatic imine (C=N–C) groups is 1. The summed E-state index contributed by atoms with van der Waals surface area (Å²) in [6.07, 6.45) is 2.09. The van der Waals surface area contributed by atoms with Crippen LogP contribution in [0.4, 0.5) is 0 Å². The van der Waals surface area contributed by atoms with Crippen LogP contribution < -0.4 is 11.1 Å². The van der Waals surface area contributed by atoms with Gasteiger partial charge in [-0.3, -0.25) is 9.79 Å². The number of carbonyl (C=O) groups is 1. The minimum atomic E-state index is -0.607. The highest BCUT2D eigenvalue weighted by molar-refractivity contribution is 6.10. The van der Waals surface area contributed by atoms with E-state index in [-0.39, 0.29) is 11.9 Å². The van der Waals surface area contributed by atoms with Gasteiger partial charge in [-0.1, -0.05) is 44.2 Å². The Labute approximate surface area is 114 Å². The van der Waals surface area contributed by atoms with E-state index in [1.54, 1.807) is 0 Å². The number of rotatable bonds is 5. The van der Waals surface area contributed by atoms with E-state index in [1.807, 2.05) is 44.2 Å². The average Bonchev–Trinajstić information content (AvgIpc) is 2.78. The van der Waals surface area contributed by atoms with Crippen molar-refractivity contribution in [3.05, 3.63) is 35.9 Å². The van der Waals surface area contributed by atoms with Crippen LogP contribution in [0, 0.1) is 0 Å². The van der Waals surface area contributed by atoms with Crippen LogP contribution in [0.25, 0.3) is 0 Å². The Kier molecular flexibility index (Phi) is 4.00. The van der Waals surface area contributed by atoms with Crippen LogP contribution in [-0.4, -0.2) is 23.3 Å². The molecule has 1 aromatic carbocycles. The van der Waals surface area contributed by atoms with Crippen LogP contribution in [0.2, 0.25) is 0 Å². The highest BCUT2D eigenvalue weighted by atomic mass is 16.2. The van der Waals surface area contributed by atoms with Crippen LogP contribution >= 0.6 is 0 Å². The summed E-state index contributed by atoms with van der Waals surface area (Å²) in [6.45, 7) is 3.97. The van der Waals surface area contributed by atoms with E-state index in [1.165, 1.54) is 0 Å². The molecule has 0 fully saturated rings. The fourth-order valence-electron chi connectivity index (χ4n) is 2.41. The largest absolute Gasteiger partial charge is 0.321 e. The fraction of sp³-hybridized carbons (Fsp3) is 0.467. The predicted molar refractivity (Wildman–Crippen MR) is 77.0 cm³/mol. The molecule has 102 valence electrons. The van der Waals surface area contributed by atoms with Gasteiger partial charge in [0.15, 0.2) is 0 Å². The summed E-state index contributed by atoms with van der Waals surface area (Å²) in [5.74, 6) is 0.605. The van der Waals surface area contributed by atoms with Gasteiger partial charge in [-0.25, -0.2) is 0 Å². The minimum absolute atomic E-state index is 0.0176. The molecule has 1 aromatic rings. The second-order valence-electron chi connectivity index (χ2n) is 4.99. The second kappa shape index (κ2) is 5.53. The van der Waals surface area contributed by atoms with Gasteiger partial charge in [0, 0.05) is 0 Å². The van der Waals surface area contributed by atoms with Crippen LogP contribution in [0.15, 0.2) is 35.3 Å². The molecule has 0 aromatic heterocycles. The molecule has 1 heterocycles. The normalized spacial score (nSPS) is 18.9. The standard InChI is InChI=1S/C15H21N3O/c1-3-15(4-2)14(19)17-13(18-15)12(16)10-11-8-6-5-7-9-11/h5-9,12H,3-4,10,16H2,1-2H3,(H,17,18,19)/t12-/m0/s1. The van der Waals surface area contributed by atoms with E-state index in [0.717, 1.165) is 5.56 Å². The van der Waals surface area contributed by atoms with E-state index in [2.05, 4.69) is 10.3 Å². The molecule has 1 amide bonds. The highest BCUT2D eigenvalue weighted by Crippen LogP contribution is 2.25. The lowest BCUT2D eigenvalue weighted by atomic mass is 9.94. The molecule has 1 atom stereocenters. The molecule has 4 heteroatoms. The van der Waals surface area contributed by atoms with Crippen LogP contribution in [0.1, 0.15) is 32.3 Å². The zero-order valence-electron chi connectivity index (χ0n) is 11.5. The number of hydrogen-bond acceptors (Lipinski definition) is 3. The smallest absolute Gasteiger partial charge is 0.253 e. The zero-order chi connectivity index (χ0) is 13.9. The molecule has 4 nitrogen and oxygen atoms in total. The third-order valence-electron chi connectivity index (χ3n) is 3.82. The molecule has 0 spiro atoms. The van der Waals surface area contributed by atoms with Crippen molar-refractivity contribution in [2.75, 3.05) is 0 Å². The summed E-state index contributed by atoms with van der Waals surface area (Å²) in [6, 6.07) is 9.75. The molecule has 3 N–H and O–H groups in total. The SMILES string of the molecule is CCC1(CC)N=C([C@@H](N)Cc2ccccc2)NC1=O. The summed E-state index contributed by atoms with van der Waals surface area (Å²) in [7, 11) is 0. The third-order valence-corrected chi connectivity index (χ3v) is 3.82. The number of amidine groups is 1. The number of nitrogens with one attached hydrogen (secondary N) is 1. The summed E-state index contributed by atoms with van der Waals surface area (Å²) in [5.41, 5.74) is 6.70. The van der Waals surface area contributed by atoms with E-state index in [4.69, 9.17) is 5.73 Å². The molecule has 19 heavy (non-hydrogen) atoms. The fourth-order valence-corrected chi connectivity index (χ4v) is 2.41. The third kappa shape index (κ3) is 2.68. The Bertz CT molecular complexity index is 477. The molecule has 2 rings (SSSR count). The van der Waals surface area contributed by atoms with Crippen molar-refractivity contribution < 1.29 is 4.79 Å². The maximum atomic E-state index is 12.0. The molecule has 0 bridgehead atoms. The van der Waals surface area contributed by atoms with E-state index >= 15 is 0 Å². The predicted octanol–water partition coefficient (Wildman–Crippen LogP) is 1.64. The van der Waals surface area contributed by atoms with Gasteiger partial charge in [0.2, 0.25) is 0 Å². The first-order valence-corrected chi connectivity index (χ1v) is 6.82. The summed E-state index contributed by atoms with van der Waals surface area (Å²) >= 11 is 0. The highest BCUT2D eigenvalue weighted by Gasteiger charge is 2.41. The lowest BCUT2D eigenvalue weighted by Crippen LogP contribution is -2.43. The van der Waals surface area contributed by atoms with Crippen LogP contribution in [-0.2, 0) is 11.2 Å². The van der Waals surface area contributed by atoms with Gasteiger partial charge in [0.05, 0.1) is 6.04 Å². The Hall–Kier alpha value is -1.68. The molecular weight excluding hydrogens is 238 g/mol. The summed E-state index contributed by atoms with van der Waals surface area (Å²) < 4.78 is 0. The number of nitrogens with two attached hydrogens (primary N) is 1. The second-order valence-corrected chi connectivity index (χ2v) is 4.99. The lowest BCUT2D eigenvalue weighted by Gasteiger charge is -2.18. The molecular formula is C15H21N3O. The molecule has 0 saturated heterocycles. The van der Waals surface area contributed by atoms with Crippen molar-refractivity contribution in [2.24, 2.45) is 10.7 Å². The van der Waals surface area contributed by atoms with Gasteiger partial charge >= 0.3 is 0 Å². The summed E-state index contributed by atoms with van der Waals surface area (Å²) in [4.78, 5) is 16.6. The number of hydrogen-bond donors (Lipinski definition) is 2. The number of nitrogens with zero attached hydrogens (tertiary/aromatic N) is 1. The van der Waals surface area contributed by atoms with Crippen LogP contribution in [0.5, 0.6) is 0 Å². The molecule has 1 aliphatic rings. The van der Waals surface area contributed by atoms with Crippen molar-refractivity contribution in [3.8, 4) is 0 Å². The number of carbonyl (C=O) groups excluding carboxylic acids is 1. The summed E-state index contributed by atoms with van der Waals surface area (Å²) in [5, 5.41) is 2.85. The van der Waals surface area contributed by atoms with Gasteiger partial charge in [0.1, 0.15) is 11.4 Å². The first kappa shape index (κ1) is 13.7. The van der Waals surface area contributed by atoms with Crippen LogP contribution in [0.3, 0.4) is 0 Å². The Morgan fingerprint density at radius 1 is 1.26 bits per heavy atom.